The van der Waals surface area contributed by atoms with Crippen LogP contribution in [0.5, 0.6) is 0 Å². The maximum atomic E-state index is 11.8. The largest absolute Gasteiger partial charge is 0.365 e. The van der Waals surface area contributed by atoms with Gasteiger partial charge in [-0.1, -0.05) is 0 Å². The van der Waals surface area contributed by atoms with Gasteiger partial charge in [-0.05, 0) is 25.0 Å². The molecular weight excluding hydrogens is 354 g/mol. The first-order valence-electron chi connectivity index (χ1n) is 8.34. The summed E-state index contributed by atoms with van der Waals surface area (Å²) in [4.78, 5) is 13.3. The Morgan fingerprint density at radius 2 is 2.19 bits per heavy atom. The van der Waals surface area contributed by atoms with Crippen molar-refractivity contribution in [3.05, 3.63) is 30.7 Å². The number of hydrogen-bond acceptors (Lipinski definition) is 7. The Kier molecular flexibility index (Phi) is 4.29. The Bertz CT molecular complexity index is 1030. The summed E-state index contributed by atoms with van der Waals surface area (Å²) in [5, 5.41) is 10.1. The molecule has 4 heterocycles. The van der Waals surface area contributed by atoms with Crippen molar-refractivity contribution in [2.75, 3.05) is 24.7 Å². The van der Waals surface area contributed by atoms with Gasteiger partial charge in [0.1, 0.15) is 11.3 Å². The Morgan fingerprint density at radius 3 is 3.04 bits per heavy atom. The van der Waals surface area contributed by atoms with Crippen molar-refractivity contribution in [1.82, 2.24) is 29.5 Å². The molecule has 0 bridgehead atoms. The molecule has 0 spiro atoms. The number of fused-ring (bicyclic) bond motifs is 1. The van der Waals surface area contributed by atoms with E-state index in [1.165, 1.54) is 10.6 Å². The molecule has 3 aromatic heterocycles. The molecule has 0 saturated carbocycles. The minimum Gasteiger partial charge on any atom is -0.365 e. The molecule has 1 unspecified atom stereocenters. The fourth-order valence-electron chi connectivity index (χ4n) is 3.15. The number of aromatic nitrogens is 5. The van der Waals surface area contributed by atoms with Gasteiger partial charge in [-0.25, -0.2) is 27.7 Å². The molecule has 0 amide bonds. The fourth-order valence-corrected chi connectivity index (χ4v) is 4.06. The predicted molar refractivity (Wildman–Crippen MR) is 98.0 cm³/mol. The van der Waals surface area contributed by atoms with Gasteiger partial charge in [-0.2, -0.15) is 5.10 Å². The number of anilines is 1. The highest BCUT2D eigenvalue weighted by Gasteiger charge is 2.26. The lowest BCUT2D eigenvalue weighted by Gasteiger charge is -2.32. The summed E-state index contributed by atoms with van der Waals surface area (Å²) in [5.74, 6) is 0.671. The standard InChI is InChI=1S/C16H19N7O2S/c1-26(24,25)23-7-3-4-11(10-23)20-15-12(5-2-6-17-15)13-8-18-16-14(21-13)9-19-22-16/h2,5-6,8-9,11H,3-4,7,10H2,1H3,(H,17,20)(H,18,19,22). The summed E-state index contributed by atoms with van der Waals surface area (Å²) in [6, 6.07) is 3.76. The van der Waals surface area contributed by atoms with Gasteiger partial charge >= 0.3 is 0 Å². The number of nitrogens with zero attached hydrogens (tertiary/aromatic N) is 5. The second-order valence-corrected chi connectivity index (χ2v) is 8.35. The molecule has 2 N–H and O–H groups in total. The number of sulfonamides is 1. The SMILES string of the molecule is CS(=O)(=O)N1CCCC(Nc2ncccc2-c2cnc3[nH]ncc3n2)C1. The topological polar surface area (TPSA) is 117 Å². The van der Waals surface area contributed by atoms with E-state index in [9.17, 15) is 8.42 Å². The quantitative estimate of drug-likeness (QED) is 0.707. The molecule has 4 rings (SSSR count). The number of aromatic amines is 1. The summed E-state index contributed by atoms with van der Waals surface area (Å²) in [6.07, 6.45) is 7.94. The molecule has 10 heteroatoms. The number of pyridine rings is 1. The normalized spacial score (nSPS) is 18.9. The van der Waals surface area contributed by atoms with E-state index >= 15 is 0 Å². The summed E-state index contributed by atoms with van der Waals surface area (Å²) < 4.78 is 25.2. The van der Waals surface area contributed by atoms with Crippen LogP contribution < -0.4 is 5.32 Å². The van der Waals surface area contributed by atoms with Crippen molar-refractivity contribution >= 4 is 27.0 Å². The highest BCUT2D eigenvalue weighted by Crippen LogP contribution is 2.27. The van der Waals surface area contributed by atoms with E-state index in [2.05, 4.69) is 30.5 Å². The van der Waals surface area contributed by atoms with E-state index in [4.69, 9.17) is 0 Å². The number of piperidine rings is 1. The molecule has 1 fully saturated rings. The number of hydrogen-bond donors (Lipinski definition) is 2. The minimum absolute atomic E-state index is 0.00209. The van der Waals surface area contributed by atoms with Gasteiger partial charge in [-0.3, -0.25) is 5.10 Å². The molecule has 3 aromatic rings. The maximum Gasteiger partial charge on any atom is 0.211 e. The van der Waals surface area contributed by atoms with Gasteiger partial charge in [0, 0.05) is 30.9 Å². The Balaban J connectivity index is 1.61. The lowest BCUT2D eigenvalue weighted by Crippen LogP contribution is -2.44. The predicted octanol–water partition coefficient (Wildman–Crippen LogP) is 1.25. The summed E-state index contributed by atoms with van der Waals surface area (Å²) in [7, 11) is -3.19. The number of nitrogens with one attached hydrogen (secondary N) is 2. The van der Waals surface area contributed by atoms with Gasteiger partial charge in [0.15, 0.2) is 5.65 Å². The smallest absolute Gasteiger partial charge is 0.211 e. The van der Waals surface area contributed by atoms with E-state index in [1.54, 1.807) is 18.6 Å². The monoisotopic (exact) mass is 373 g/mol. The highest BCUT2D eigenvalue weighted by atomic mass is 32.2. The molecule has 1 aliphatic rings. The van der Waals surface area contributed by atoms with E-state index in [1.807, 2.05) is 12.1 Å². The first kappa shape index (κ1) is 16.9. The van der Waals surface area contributed by atoms with Crippen LogP contribution in [0.25, 0.3) is 22.4 Å². The Labute approximate surface area is 150 Å². The van der Waals surface area contributed by atoms with Crippen molar-refractivity contribution < 1.29 is 8.42 Å². The molecular formula is C16H19N7O2S. The van der Waals surface area contributed by atoms with Crippen LogP contribution in [0.3, 0.4) is 0 Å². The molecule has 0 aromatic carbocycles. The molecule has 0 aliphatic carbocycles. The number of rotatable bonds is 4. The van der Waals surface area contributed by atoms with Gasteiger partial charge in [0.25, 0.3) is 0 Å². The first-order chi connectivity index (χ1) is 12.5. The van der Waals surface area contributed by atoms with Crippen LogP contribution in [-0.2, 0) is 10.0 Å². The molecule has 1 atom stereocenters. The van der Waals surface area contributed by atoms with E-state index in [0.29, 0.717) is 35.8 Å². The highest BCUT2D eigenvalue weighted by molar-refractivity contribution is 7.88. The van der Waals surface area contributed by atoms with Crippen molar-refractivity contribution in [3.63, 3.8) is 0 Å². The summed E-state index contributed by atoms with van der Waals surface area (Å²) >= 11 is 0. The zero-order valence-electron chi connectivity index (χ0n) is 14.3. The number of H-pyrrole nitrogens is 1. The van der Waals surface area contributed by atoms with Gasteiger partial charge in [0.05, 0.1) is 24.3 Å². The van der Waals surface area contributed by atoms with Crippen molar-refractivity contribution in [1.29, 1.82) is 0 Å². The van der Waals surface area contributed by atoms with E-state index < -0.39 is 10.0 Å². The molecule has 26 heavy (non-hydrogen) atoms. The molecule has 9 nitrogen and oxygen atoms in total. The Hall–Kier alpha value is -2.59. The maximum absolute atomic E-state index is 11.8. The zero-order chi connectivity index (χ0) is 18.1. The lowest BCUT2D eigenvalue weighted by molar-refractivity contribution is 0.329. The second kappa shape index (κ2) is 6.61. The van der Waals surface area contributed by atoms with Crippen LogP contribution >= 0.6 is 0 Å². The van der Waals surface area contributed by atoms with Crippen LogP contribution in [0.15, 0.2) is 30.7 Å². The fraction of sp³-hybridized carbons (Fsp3) is 0.375. The average Bonchev–Trinajstić information content (AvgIpc) is 3.09. The van der Waals surface area contributed by atoms with Crippen LogP contribution in [0, 0.1) is 0 Å². The third-order valence-corrected chi connectivity index (χ3v) is 5.70. The van der Waals surface area contributed by atoms with Crippen molar-refractivity contribution in [2.45, 2.75) is 18.9 Å². The van der Waals surface area contributed by atoms with Gasteiger partial charge in [0.2, 0.25) is 10.0 Å². The lowest BCUT2D eigenvalue weighted by atomic mass is 10.1. The third-order valence-electron chi connectivity index (χ3n) is 4.43. The molecule has 136 valence electrons. The van der Waals surface area contributed by atoms with E-state index in [-0.39, 0.29) is 6.04 Å². The first-order valence-corrected chi connectivity index (χ1v) is 10.2. The van der Waals surface area contributed by atoms with Crippen LogP contribution in [-0.4, -0.2) is 63.3 Å². The van der Waals surface area contributed by atoms with Gasteiger partial charge < -0.3 is 5.32 Å². The van der Waals surface area contributed by atoms with Crippen LogP contribution in [0.2, 0.25) is 0 Å². The van der Waals surface area contributed by atoms with Crippen LogP contribution in [0.1, 0.15) is 12.8 Å². The minimum atomic E-state index is -3.19. The zero-order valence-corrected chi connectivity index (χ0v) is 15.1. The summed E-state index contributed by atoms with van der Waals surface area (Å²) in [6.45, 7) is 0.996. The Morgan fingerprint density at radius 1 is 1.31 bits per heavy atom. The van der Waals surface area contributed by atoms with Crippen molar-refractivity contribution in [3.8, 4) is 11.3 Å². The van der Waals surface area contributed by atoms with Crippen molar-refractivity contribution in [2.24, 2.45) is 0 Å². The third kappa shape index (κ3) is 3.37. The van der Waals surface area contributed by atoms with Gasteiger partial charge in [-0.15, -0.1) is 0 Å². The second-order valence-electron chi connectivity index (χ2n) is 6.36. The molecule has 0 radical (unpaired) electrons. The molecule has 1 saturated heterocycles. The van der Waals surface area contributed by atoms with Crippen LogP contribution in [0.4, 0.5) is 5.82 Å². The summed E-state index contributed by atoms with van der Waals surface area (Å²) in [5.41, 5.74) is 2.81. The average molecular weight is 373 g/mol. The van der Waals surface area contributed by atoms with E-state index in [0.717, 1.165) is 18.4 Å². The molecule has 1 aliphatic heterocycles.